The highest BCUT2D eigenvalue weighted by Gasteiger charge is 2.34. The second-order valence-corrected chi connectivity index (χ2v) is 8.43. The Hall–Kier alpha value is -2.55. The van der Waals surface area contributed by atoms with Crippen molar-refractivity contribution >= 4 is 72.8 Å². The Morgan fingerprint density at radius 1 is 0.862 bits per heavy atom. The highest BCUT2D eigenvalue weighted by molar-refractivity contribution is 9.10. The molecule has 144 valence electrons. The molecule has 0 radical (unpaired) electrons. The van der Waals surface area contributed by atoms with E-state index < -0.39 is 11.8 Å². The minimum absolute atomic E-state index is 0.0126. The third-order valence-electron chi connectivity index (χ3n) is 4.36. The van der Waals surface area contributed by atoms with Crippen LogP contribution in [0.5, 0.6) is 0 Å². The number of thiocarbonyl (C=S) groups is 1. The van der Waals surface area contributed by atoms with E-state index in [0.717, 1.165) is 14.6 Å². The Labute approximate surface area is 189 Å². The van der Waals surface area contributed by atoms with E-state index in [2.05, 4.69) is 37.2 Å². The van der Waals surface area contributed by atoms with E-state index in [1.54, 1.807) is 18.2 Å². The second kappa shape index (κ2) is 8.06. The summed E-state index contributed by atoms with van der Waals surface area (Å²) >= 11 is 12.0. The van der Waals surface area contributed by atoms with Gasteiger partial charge in [-0.1, -0.05) is 31.9 Å². The van der Waals surface area contributed by atoms with Crippen LogP contribution in [-0.2, 0) is 9.59 Å². The Balaban J connectivity index is 1.73. The molecule has 1 aliphatic rings. The van der Waals surface area contributed by atoms with Gasteiger partial charge in [-0.3, -0.25) is 19.8 Å². The molecule has 0 bridgehead atoms. The zero-order chi connectivity index (χ0) is 20.5. The zero-order valence-electron chi connectivity index (χ0n) is 14.8. The lowest BCUT2D eigenvalue weighted by Gasteiger charge is -2.29. The molecule has 1 aromatic heterocycles. The number of hydrogen-bond donors (Lipinski definition) is 1. The van der Waals surface area contributed by atoms with Gasteiger partial charge in [-0.25, -0.2) is 0 Å². The average Bonchev–Trinajstić information content (AvgIpc) is 3.15. The minimum Gasteiger partial charge on any atom is -0.317 e. The fourth-order valence-corrected chi connectivity index (χ4v) is 3.79. The number of rotatable bonds is 3. The molecular formula is C21H13Br2N3O2S. The van der Waals surface area contributed by atoms with E-state index in [1.807, 2.05) is 59.3 Å². The number of hydrogen-bond acceptors (Lipinski definition) is 3. The number of halogens is 2. The molecule has 2 heterocycles. The van der Waals surface area contributed by atoms with Crippen molar-refractivity contribution in [3.8, 4) is 5.69 Å². The molecule has 0 saturated carbocycles. The van der Waals surface area contributed by atoms with Crippen LogP contribution >= 0.6 is 44.1 Å². The highest BCUT2D eigenvalue weighted by atomic mass is 79.9. The summed E-state index contributed by atoms with van der Waals surface area (Å²) in [6.07, 6.45) is 3.45. The Kier molecular flexibility index (Phi) is 5.49. The van der Waals surface area contributed by atoms with E-state index in [0.29, 0.717) is 11.4 Å². The molecule has 1 saturated heterocycles. The molecule has 0 spiro atoms. The standard InChI is InChI=1S/C21H13Br2N3O2S/c22-13-3-7-15(8-4-13)25-11-1-2-17(25)12-18-19(27)24-21(29)26(20(18)28)16-9-5-14(23)6-10-16/h1-12H,(H,24,27,29)/b18-12+. The van der Waals surface area contributed by atoms with Crippen molar-refractivity contribution in [2.45, 2.75) is 0 Å². The van der Waals surface area contributed by atoms with Crippen LogP contribution in [0, 0.1) is 0 Å². The van der Waals surface area contributed by atoms with E-state index in [4.69, 9.17) is 12.2 Å². The molecule has 1 fully saturated rings. The summed E-state index contributed by atoms with van der Waals surface area (Å²) in [5.41, 5.74) is 2.21. The summed E-state index contributed by atoms with van der Waals surface area (Å²) in [6, 6.07) is 18.6. The van der Waals surface area contributed by atoms with Gasteiger partial charge in [-0.2, -0.15) is 0 Å². The van der Waals surface area contributed by atoms with Crippen LogP contribution < -0.4 is 10.2 Å². The van der Waals surface area contributed by atoms with Crippen LogP contribution in [0.15, 0.2) is 81.4 Å². The Morgan fingerprint density at radius 3 is 2.07 bits per heavy atom. The van der Waals surface area contributed by atoms with Crippen LogP contribution in [-0.4, -0.2) is 21.5 Å². The lowest BCUT2D eigenvalue weighted by Crippen LogP contribution is -2.54. The summed E-state index contributed by atoms with van der Waals surface area (Å²) in [5, 5.41) is 2.66. The Bertz CT molecular complexity index is 1150. The van der Waals surface area contributed by atoms with Crippen molar-refractivity contribution in [1.29, 1.82) is 0 Å². The second-order valence-electron chi connectivity index (χ2n) is 6.21. The maximum Gasteiger partial charge on any atom is 0.270 e. The number of aromatic nitrogens is 1. The summed E-state index contributed by atoms with van der Waals surface area (Å²) in [5.74, 6) is -0.985. The number of carbonyl (C=O) groups is 2. The van der Waals surface area contributed by atoms with Gasteiger partial charge in [0.25, 0.3) is 11.8 Å². The Morgan fingerprint density at radius 2 is 1.45 bits per heavy atom. The number of benzene rings is 2. The lowest BCUT2D eigenvalue weighted by atomic mass is 10.1. The fourth-order valence-electron chi connectivity index (χ4n) is 2.98. The maximum atomic E-state index is 13.1. The van der Waals surface area contributed by atoms with E-state index in [1.165, 1.54) is 4.90 Å². The summed E-state index contributed by atoms with van der Waals surface area (Å²) in [7, 11) is 0. The molecule has 5 nitrogen and oxygen atoms in total. The molecule has 3 aromatic rings. The van der Waals surface area contributed by atoms with E-state index in [-0.39, 0.29) is 10.7 Å². The predicted molar refractivity (Wildman–Crippen MR) is 124 cm³/mol. The predicted octanol–water partition coefficient (Wildman–Crippen LogP) is 4.83. The monoisotopic (exact) mass is 529 g/mol. The summed E-state index contributed by atoms with van der Waals surface area (Å²) in [4.78, 5) is 27.0. The third kappa shape index (κ3) is 3.96. The first-order valence-electron chi connectivity index (χ1n) is 8.54. The normalized spacial score (nSPS) is 15.7. The molecule has 4 rings (SSSR count). The van der Waals surface area contributed by atoms with Crippen LogP contribution in [0.1, 0.15) is 5.69 Å². The first-order valence-corrected chi connectivity index (χ1v) is 10.5. The molecule has 29 heavy (non-hydrogen) atoms. The van der Waals surface area contributed by atoms with Crippen molar-refractivity contribution in [2.75, 3.05) is 4.90 Å². The molecular weight excluding hydrogens is 518 g/mol. The third-order valence-corrected chi connectivity index (χ3v) is 5.71. The first kappa shape index (κ1) is 19.8. The van der Waals surface area contributed by atoms with E-state index >= 15 is 0 Å². The van der Waals surface area contributed by atoms with Crippen molar-refractivity contribution in [3.05, 3.63) is 87.1 Å². The number of anilines is 1. The summed E-state index contributed by atoms with van der Waals surface area (Å²) in [6.45, 7) is 0. The smallest absolute Gasteiger partial charge is 0.270 e. The first-order chi connectivity index (χ1) is 13.9. The van der Waals surface area contributed by atoms with Gasteiger partial charge in [0.05, 0.1) is 5.69 Å². The number of amides is 2. The van der Waals surface area contributed by atoms with Crippen molar-refractivity contribution in [1.82, 2.24) is 9.88 Å². The van der Waals surface area contributed by atoms with Gasteiger partial charge >= 0.3 is 0 Å². The van der Waals surface area contributed by atoms with Crippen LogP contribution in [0.4, 0.5) is 5.69 Å². The molecule has 2 aromatic carbocycles. The summed E-state index contributed by atoms with van der Waals surface area (Å²) < 4.78 is 3.74. The van der Waals surface area contributed by atoms with E-state index in [9.17, 15) is 9.59 Å². The minimum atomic E-state index is -0.517. The van der Waals surface area contributed by atoms with Gasteiger partial charge in [-0.15, -0.1) is 0 Å². The van der Waals surface area contributed by atoms with Crippen LogP contribution in [0.2, 0.25) is 0 Å². The number of nitrogens with zero attached hydrogens (tertiary/aromatic N) is 2. The SMILES string of the molecule is O=C1NC(=S)N(c2ccc(Br)cc2)C(=O)/C1=C/c1cccn1-c1ccc(Br)cc1. The van der Waals surface area contributed by atoms with Crippen LogP contribution in [0.25, 0.3) is 11.8 Å². The lowest BCUT2D eigenvalue weighted by molar-refractivity contribution is -0.122. The van der Waals surface area contributed by atoms with Crippen molar-refractivity contribution in [3.63, 3.8) is 0 Å². The van der Waals surface area contributed by atoms with Crippen LogP contribution in [0.3, 0.4) is 0 Å². The quantitative estimate of drug-likeness (QED) is 0.299. The fraction of sp³-hybridized carbons (Fsp3) is 0. The molecule has 1 aliphatic heterocycles. The van der Waals surface area contributed by atoms with Gasteiger partial charge in [0.2, 0.25) is 0 Å². The van der Waals surface area contributed by atoms with Gasteiger partial charge < -0.3 is 4.57 Å². The topological polar surface area (TPSA) is 54.3 Å². The molecule has 0 aliphatic carbocycles. The number of carbonyl (C=O) groups excluding carboxylic acids is 2. The van der Waals surface area contributed by atoms with Gasteiger partial charge in [0.1, 0.15) is 5.57 Å². The van der Waals surface area contributed by atoms with Crippen molar-refractivity contribution in [2.24, 2.45) is 0 Å². The van der Waals surface area contributed by atoms with Gasteiger partial charge in [-0.05, 0) is 79.0 Å². The van der Waals surface area contributed by atoms with Crippen molar-refractivity contribution < 1.29 is 9.59 Å². The van der Waals surface area contributed by atoms with Gasteiger partial charge in [0, 0.05) is 26.5 Å². The number of nitrogens with one attached hydrogen (secondary N) is 1. The molecule has 8 heteroatoms. The molecule has 0 unspecified atom stereocenters. The molecule has 0 atom stereocenters. The highest BCUT2D eigenvalue weighted by Crippen LogP contribution is 2.25. The zero-order valence-corrected chi connectivity index (χ0v) is 18.8. The average molecular weight is 531 g/mol. The molecule has 2 amide bonds. The largest absolute Gasteiger partial charge is 0.317 e. The van der Waals surface area contributed by atoms with Gasteiger partial charge in [0.15, 0.2) is 5.11 Å². The maximum absolute atomic E-state index is 13.1. The molecule has 1 N–H and O–H groups in total.